The Bertz CT molecular complexity index is 1620. The molecule has 6 rings (SSSR count). The van der Waals surface area contributed by atoms with Gasteiger partial charge >= 0.3 is 5.69 Å². The molecule has 1 fully saturated rings. The molecular weight excluding hydrogens is 594 g/mol. The fourth-order valence-electron chi connectivity index (χ4n) is 4.31. The number of anilines is 3. The molecule has 0 bridgehead atoms. The summed E-state index contributed by atoms with van der Waals surface area (Å²) in [5.74, 6) is 2.54. The molecule has 46 heavy (non-hydrogen) atoms. The summed E-state index contributed by atoms with van der Waals surface area (Å²) in [4.78, 5) is 38.8. The van der Waals surface area contributed by atoms with E-state index in [0.29, 0.717) is 58.9 Å². The summed E-state index contributed by atoms with van der Waals surface area (Å²) in [5, 5.41) is 18.1. The first-order valence-electron chi connectivity index (χ1n) is 15.4. The third-order valence-electron chi connectivity index (χ3n) is 6.47. The molecule has 2 atom stereocenters. The van der Waals surface area contributed by atoms with Crippen LogP contribution in [-0.2, 0) is 16.6 Å². The van der Waals surface area contributed by atoms with Gasteiger partial charge in [0.15, 0.2) is 34.3 Å². The number of carbonyl (C=O) groups excluding carboxylic acids is 1. The maximum absolute atomic E-state index is 11.9. The second-order valence-corrected chi connectivity index (χ2v) is 10.0. The Labute approximate surface area is 268 Å². The Kier molecular flexibility index (Phi) is 13.7. The maximum atomic E-state index is 11.9. The van der Waals surface area contributed by atoms with E-state index >= 15 is 0 Å². The number of hydrogen-bond donors (Lipinski definition) is 4. The van der Waals surface area contributed by atoms with Crippen LogP contribution in [-0.4, -0.2) is 73.0 Å². The topological polar surface area (TPSA) is 180 Å². The molecule has 0 saturated carbocycles. The summed E-state index contributed by atoms with van der Waals surface area (Å²) < 4.78 is 21.0. The lowest BCUT2D eigenvalue weighted by molar-refractivity contribution is -0.118. The van der Waals surface area contributed by atoms with Crippen LogP contribution in [0.1, 0.15) is 60.1 Å². The highest BCUT2D eigenvalue weighted by molar-refractivity contribution is 5.82. The predicted octanol–water partition coefficient (Wildman–Crippen LogP) is 4.12. The van der Waals surface area contributed by atoms with Crippen LogP contribution in [0.4, 0.5) is 17.3 Å². The molecule has 15 heteroatoms. The van der Waals surface area contributed by atoms with E-state index in [1.54, 1.807) is 26.6 Å². The molecule has 4 aromatic rings. The smallest absolute Gasteiger partial charge is 0.349 e. The third-order valence-corrected chi connectivity index (χ3v) is 6.47. The molecule has 250 valence electrons. The molecule has 4 N–H and O–H groups in total. The molecule has 5 heterocycles. The third kappa shape index (κ3) is 8.91. The average Bonchev–Trinajstić information content (AvgIpc) is 3.72. The van der Waals surface area contributed by atoms with E-state index in [2.05, 4.69) is 49.7 Å². The van der Waals surface area contributed by atoms with Crippen molar-refractivity contribution >= 4 is 34.4 Å². The monoisotopic (exact) mass is 639 g/mol. The van der Waals surface area contributed by atoms with Crippen LogP contribution >= 0.6 is 0 Å². The quantitative estimate of drug-likeness (QED) is 0.187. The fraction of sp³-hybridized carbons (Fsp3) is 0.484. The molecular formula is C31H45N9O6. The Hall–Kier alpha value is -4.76. The molecule has 0 spiro atoms. The number of para-hydroxylation sites is 1. The van der Waals surface area contributed by atoms with E-state index in [-0.39, 0.29) is 30.5 Å². The van der Waals surface area contributed by atoms with Crippen molar-refractivity contribution in [3.8, 4) is 17.2 Å². The number of fused-ring (bicyclic) bond motifs is 3. The van der Waals surface area contributed by atoms with Crippen molar-refractivity contribution in [1.82, 2.24) is 34.4 Å². The zero-order chi connectivity index (χ0) is 33.6. The number of aromatic nitrogens is 6. The highest BCUT2D eigenvalue weighted by atomic mass is 16.5. The zero-order valence-corrected chi connectivity index (χ0v) is 27.5. The average molecular weight is 640 g/mol. The summed E-state index contributed by atoms with van der Waals surface area (Å²) in [6, 6.07) is 5.45. The van der Waals surface area contributed by atoms with Gasteiger partial charge < -0.3 is 35.3 Å². The Balaban J connectivity index is 0.000000512. The summed E-state index contributed by atoms with van der Waals surface area (Å²) in [7, 11) is 3.22. The largest absolute Gasteiger partial charge is 0.489 e. The molecule has 1 aromatic carbocycles. The van der Waals surface area contributed by atoms with Gasteiger partial charge in [0.05, 0.1) is 31.8 Å². The van der Waals surface area contributed by atoms with Crippen LogP contribution in [0.2, 0.25) is 0 Å². The van der Waals surface area contributed by atoms with Crippen molar-refractivity contribution in [1.29, 1.82) is 0 Å². The Morgan fingerprint density at radius 1 is 1.17 bits per heavy atom. The van der Waals surface area contributed by atoms with Crippen molar-refractivity contribution in [3.05, 3.63) is 47.5 Å². The van der Waals surface area contributed by atoms with E-state index in [0.717, 1.165) is 12.8 Å². The van der Waals surface area contributed by atoms with E-state index in [1.807, 2.05) is 36.6 Å². The highest BCUT2D eigenvalue weighted by Gasteiger charge is 2.28. The van der Waals surface area contributed by atoms with Gasteiger partial charge in [-0.1, -0.05) is 40.2 Å². The number of aryl methyl sites for hydroxylation is 1. The standard InChI is InChI=1S/C23H24N8O5.C3H7NO.C3H8.C2H6/c1-30-9-16-20(29-23(30)33)28-18-14(3-2-4-15(18)36-16)34-8-7-24-21-19-22(26-11-25-21)31(12-27-19)17-6-5-13(10-32)35-17;1-3(5)4-2;1-3-2;1-2/h2-4,9,11-13,17,32H,5-8,10H2,1H3,(H,24,25,26)(H,28,29,33);1-2H3,(H,4,5);3H2,1-2H3;1-2H3. The Morgan fingerprint density at radius 3 is 2.59 bits per heavy atom. The summed E-state index contributed by atoms with van der Waals surface area (Å²) in [5.41, 5.74) is 1.51. The minimum absolute atomic E-state index is 0.00136. The number of rotatable bonds is 7. The second-order valence-electron chi connectivity index (χ2n) is 10.0. The van der Waals surface area contributed by atoms with E-state index < -0.39 is 0 Å². The van der Waals surface area contributed by atoms with Gasteiger partial charge in [-0.3, -0.25) is 13.9 Å². The SMILES string of the molecule is CC.CCC.CNC(C)=O.Cn1cc2c(nc1=O)Nc1c(OCCNc3ncnc4c3ncn4C3CCC(CO)O3)cccc1O2. The molecule has 1 amide bonds. The van der Waals surface area contributed by atoms with E-state index in [4.69, 9.17) is 14.2 Å². The van der Waals surface area contributed by atoms with Crippen LogP contribution in [0.3, 0.4) is 0 Å². The lowest BCUT2D eigenvalue weighted by Gasteiger charge is -2.23. The molecule has 15 nitrogen and oxygen atoms in total. The number of hydrogen-bond acceptors (Lipinski definition) is 12. The number of imidazole rings is 1. The van der Waals surface area contributed by atoms with Crippen molar-refractivity contribution in [2.24, 2.45) is 7.05 Å². The van der Waals surface area contributed by atoms with Crippen LogP contribution in [0, 0.1) is 0 Å². The number of aliphatic hydroxyl groups excluding tert-OH is 1. The number of carbonyl (C=O) groups is 1. The van der Waals surface area contributed by atoms with Gasteiger partial charge in [0.2, 0.25) is 5.91 Å². The van der Waals surface area contributed by atoms with Crippen molar-refractivity contribution in [2.75, 3.05) is 37.4 Å². The maximum Gasteiger partial charge on any atom is 0.349 e. The van der Waals surface area contributed by atoms with Gasteiger partial charge in [-0.25, -0.2) is 19.7 Å². The van der Waals surface area contributed by atoms with Crippen LogP contribution in [0.5, 0.6) is 17.2 Å². The lowest BCUT2D eigenvalue weighted by atomic mass is 10.2. The number of aliphatic hydroxyl groups is 1. The molecule has 1 saturated heterocycles. The normalized spacial score (nSPS) is 15.6. The van der Waals surface area contributed by atoms with Gasteiger partial charge in [-0.2, -0.15) is 4.98 Å². The van der Waals surface area contributed by atoms with Crippen LogP contribution < -0.4 is 31.1 Å². The van der Waals surface area contributed by atoms with Gasteiger partial charge in [-0.05, 0) is 25.0 Å². The minimum Gasteiger partial charge on any atom is -0.489 e. The first kappa shape index (κ1) is 35.7. The van der Waals surface area contributed by atoms with Crippen molar-refractivity contribution < 1.29 is 24.1 Å². The number of nitrogens with one attached hydrogen (secondary N) is 3. The summed E-state index contributed by atoms with van der Waals surface area (Å²) >= 11 is 0. The molecule has 2 aliphatic rings. The van der Waals surface area contributed by atoms with Crippen molar-refractivity contribution in [2.45, 2.75) is 66.2 Å². The highest BCUT2D eigenvalue weighted by Crippen LogP contribution is 2.44. The molecule has 0 radical (unpaired) electrons. The molecule has 0 aliphatic carbocycles. The van der Waals surface area contributed by atoms with Gasteiger partial charge in [-0.15, -0.1) is 0 Å². The molecule has 3 aromatic heterocycles. The number of benzene rings is 1. The second kappa shape index (κ2) is 17.7. The first-order valence-corrected chi connectivity index (χ1v) is 15.4. The number of nitrogens with zero attached hydrogens (tertiary/aromatic N) is 6. The summed E-state index contributed by atoms with van der Waals surface area (Å²) in [6.45, 7) is 10.5. The van der Waals surface area contributed by atoms with Gasteiger partial charge in [0, 0.05) is 21.0 Å². The van der Waals surface area contributed by atoms with Crippen LogP contribution in [0.15, 0.2) is 41.8 Å². The molecule has 2 aliphatic heterocycles. The Morgan fingerprint density at radius 2 is 1.91 bits per heavy atom. The number of amides is 1. The first-order chi connectivity index (χ1) is 22.3. The molecule has 2 unspecified atom stereocenters. The fourth-order valence-corrected chi connectivity index (χ4v) is 4.31. The number of ether oxygens (including phenoxy) is 3. The predicted molar refractivity (Wildman–Crippen MR) is 176 cm³/mol. The van der Waals surface area contributed by atoms with E-state index in [1.165, 1.54) is 24.2 Å². The van der Waals surface area contributed by atoms with Crippen molar-refractivity contribution in [3.63, 3.8) is 0 Å². The minimum atomic E-state index is -0.387. The van der Waals surface area contributed by atoms with Gasteiger partial charge in [0.1, 0.15) is 30.6 Å². The zero-order valence-electron chi connectivity index (χ0n) is 27.5. The lowest BCUT2D eigenvalue weighted by Crippen LogP contribution is -2.22. The van der Waals surface area contributed by atoms with Crippen LogP contribution in [0.25, 0.3) is 11.2 Å². The van der Waals surface area contributed by atoms with Gasteiger partial charge in [0.25, 0.3) is 0 Å². The summed E-state index contributed by atoms with van der Waals surface area (Å²) in [6.07, 6.45) is 7.20. The van der Waals surface area contributed by atoms with E-state index in [9.17, 15) is 14.7 Å².